The first-order valence-corrected chi connectivity index (χ1v) is 7.06. The number of hydrogen-bond donors (Lipinski definition) is 1. The second-order valence-electron chi connectivity index (χ2n) is 5.00. The van der Waals surface area contributed by atoms with E-state index >= 15 is 0 Å². The van der Waals surface area contributed by atoms with Crippen LogP contribution in [-0.4, -0.2) is 33.0 Å². The number of ether oxygens (including phenoxy) is 1. The molecule has 0 radical (unpaired) electrons. The second-order valence-corrected chi connectivity index (χ2v) is 5.00. The summed E-state index contributed by atoms with van der Waals surface area (Å²) < 4.78 is 20.6. The molecule has 124 valence electrons. The van der Waals surface area contributed by atoms with Gasteiger partial charge < -0.3 is 9.84 Å². The van der Waals surface area contributed by atoms with Gasteiger partial charge in [0, 0.05) is 24.0 Å². The lowest BCUT2D eigenvalue weighted by molar-refractivity contribution is 0.0697. The van der Waals surface area contributed by atoms with Crippen molar-refractivity contribution in [2.75, 3.05) is 7.11 Å². The van der Waals surface area contributed by atoms with E-state index in [1.807, 2.05) is 6.07 Å². The van der Waals surface area contributed by atoms with E-state index in [0.29, 0.717) is 0 Å². The van der Waals surface area contributed by atoms with Gasteiger partial charge in [0.1, 0.15) is 11.6 Å². The number of halogens is 1. The molecule has 0 atom stereocenters. The van der Waals surface area contributed by atoms with Gasteiger partial charge >= 0.3 is 5.97 Å². The van der Waals surface area contributed by atoms with Crippen LogP contribution in [0.4, 0.5) is 4.39 Å². The van der Waals surface area contributed by atoms with Crippen LogP contribution in [0.15, 0.2) is 42.9 Å². The Morgan fingerprint density at radius 1 is 1.40 bits per heavy atom. The minimum atomic E-state index is -1.13. The molecule has 25 heavy (non-hydrogen) atoms. The number of nitrogens with zero attached hydrogens (tertiary/aromatic N) is 4. The number of hydrogen-bond acceptors (Lipinski definition) is 5. The highest BCUT2D eigenvalue weighted by Gasteiger charge is 2.17. The van der Waals surface area contributed by atoms with Crippen molar-refractivity contribution >= 4 is 5.97 Å². The van der Waals surface area contributed by atoms with Crippen LogP contribution in [0.25, 0.3) is 16.9 Å². The average Bonchev–Trinajstić information content (AvgIpc) is 3.11. The van der Waals surface area contributed by atoms with E-state index in [0.717, 1.165) is 0 Å². The second kappa shape index (κ2) is 6.41. The summed E-state index contributed by atoms with van der Waals surface area (Å²) in [6.45, 7) is 0. The lowest BCUT2D eigenvalue weighted by Crippen LogP contribution is -2.01. The molecule has 0 saturated heterocycles. The first-order valence-electron chi connectivity index (χ1n) is 7.06. The number of aromatic nitrogens is 3. The van der Waals surface area contributed by atoms with Gasteiger partial charge in [-0.15, -0.1) is 0 Å². The SMILES string of the molecule is COc1cccc(F)c1-c1cnc(-n2cc(C(=O)O)cn2)cc1C#N. The molecule has 0 bridgehead atoms. The van der Waals surface area contributed by atoms with Gasteiger partial charge in [-0.25, -0.2) is 18.9 Å². The number of carboxylic acid groups (broad SMARTS) is 1. The predicted molar refractivity (Wildman–Crippen MR) is 85.0 cm³/mol. The van der Waals surface area contributed by atoms with Crippen LogP contribution < -0.4 is 4.74 Å². The van der Waals surface area contributed by atoms with E-state index in [4.69, 9.17) is 9.84 Å². The summed E-state index contributed by atoms with van der Waals surface area (Å²) in [6.07, 6.45) is 3.77. The summed E-state index contributed by atoms with van der Waals surface area (Å²) >= 11 is 0. The summed E-state index contributed by atoms with van der Waals surface area (Å²) in [4.78, 5) is 15.1. The largest absolute Gasteiger partial charge is 0.496 e. The molecule has 0 aliphatic heterocycles. The lowest BCUT2D eigenvalue weighted by atomic mass is 10.0. The van der Waals surface area contributed by atoms with Crippen molar-refractivity contribution < 1.29 is 19.0 Å². The van der Waals surface area contributed by atoms with Gasteiger partial charge in [-0.05, 0) is 12.1 Å². The number of rotatable bonds is 4. The van der Waals surface area contributed by atoms with Crippen LogP contribution in [0, 0.1) is 17.1 Å². The molecule has 1 aromatic carbocycles. The van der Waals surface area contributed by atoms with Crippen LogP contribution in [0.2, 0.25) is 0 Å². The van der Waals surface area contributed by atoms with Crippen molar-refractivity contribution in [3.63, 3.8) is 0 Å². The molecule has 0 amide bonds. The third-order valence-corrected chi connectivity index (χ3v) is 3.54. The smallest absolute Gasteiger partial charge is 0.338 e. The molecular weight excluding hydrogens is 327 g/mol. The Bertz CT molecular complexity index is 1010. The standard InChI is InChI=1S/C17H11FN4O3/c1-25-14-4-2-3-13(18)16(14)12-8-20-15(5-10(12)6-19)22-9-11(7-21-22)17(23)24/h2-5,7-9H,1H3,(H,23,24). The van der Waals surface area contributed by atoms with Gasteiger partial charge in [-0.3, -0.25) is 0 Å². The van der Waals surface area contributed by atoms with Crippen molar-refractivity contribution in [2.45, 2.75) is 0 Å². The minimum Gasteiger partial charge on any atom is -0.496 e. The molecule has 3 rings (SSSR count). The highest BCUT2D eigenvalue weighted by molar-refractivity contribution is 5.87. The van der Waals surface area contributed by atoms with Crippen molar-refractivity contribution in [3.8, 4) is 28.8 Å². The Balaban J connectivity index is 2.13. The van der Waals surface area contributed by atoms with Crippen molar-refractivity contribution in [1.82, 2.24) is 14.8 Å². The summed E-state index contributed by atoms with van der Waals surface area (Å²) in [6, 6.07) is 7.74. The molecule has 2 aromatic heterocycles. The van der Waals surface area contributed by atoms with Gasteiger partial charge in [0.25, 0.3) is 0 Å². The molecular formula is C17H11FN4O3. The fraction of sp³-hybridized carbons (Fsp3) is 0.0588. The molecule has 0 aliphatic carbocycles. The zero-order valence-electron chi connectivity index (χ0n) is 13.0. The molecule has 2 heterocycles. The molecule has 0 aliphatic rings. The highest BCUT2D eigenvalue weighted by atomic mass is 19.1. The third kappa shape index (κ3) is 2.90. The molecule has 0 unspecified atom stereocenters. The maximum Gasteiger partial charge on any atom is 0.338 e. The molecule has 0 spiro atoms. The van der Waals surface area contributed by atoms with Gasteiger partial charge in [0.15, 0.2) is 5.82 Å². The molecule has 7 nitrogen and oxygen atoms in total. The molecule has 8 heteroatoms. The van der Waals surface area contributed by atoms with E-state index < -0.39 is 11.8 Å². The van der Waals surface area contributed by atoms with Crippen LogP contribution >= 0.6 is 0 Å². The number of nitriles is 1. The number of carboxylic acids is 1. The normalized spacial score (nSPS) is 10.3. The Hall–Kier alpha value is -3.73. The van der Waals surface area contributed by atoms with Gasteiger partial charge in [-0.2, -0.15) is 10.4 Å². The highest BCUT2D eigenvalue weighted by Crippen LogP contribution is 2.34. The van der Waals surface area contributed by atoms with Crippen LogP contribution in [0.5, 0.6) is 5.75 Å². The van der Waals surface area contributed by atoms with E-state index in [2.05, 4.69) is 10.1 Å². The summed E-state index contributed by atoms with van der Waals surface area (Å²) in [5.74, 6) is -1.15. The maximum atomic E-state index is 14.3. The number of benzene rings is 1. The lowest BCUT2D eigenvalue weighted by Gasteiger charge is -2.11. The van der Waals surface area contributed by atoms with E-state index in [1.165, 1.54) is 48.6 Å². The number of methoxy groups -OCH3 is 1. The topological polar surface area (TPSA) is 101 Å². The summed E-state index contributed by atoms with van der Waals surface area (Å²) in [5, 5.41) is 22.3. The predicted octanol–water partition coefficient (Wildman–Crippen LogP) is 2.65. The minimum absolute atomic E-state index is 0.0137. The zero-order chi connectivity index (χ0) is 18.0. The van der Waals surface area contributed by atoms with Gasteiger partial charge in [-0.1, -0.05) is 6.07 Å². The van der Waals surface area contributed by atoms with Gasteiger partial charge in [0.05, 0.1) is 36.1 Å². The first-order chi connectivity index (χ1) is 12.0. The van der Waals surface area contributed by atoms with Crippen molar-refractivity contribution in [2.24, 2.45) is 0 Å². The van der Waals surface area contributed by atoms with E-state index in [-0.39, 0.29) is 33.8 Å². The summed E-state index contributed by atoms with van der Waals surface area (Å²) in [5.41, 5.74) is 0.542. The zero-order valence-corrected chi connectivity index (χ0v) is 13.0. The van der Waals surface area contributed by atoms with Crippen LogP contribution in [0.1, 0.15) is 15.9 Å². The van der Waals surface area contributed by atoms with Crippen LogP contribution in [-0.2, 0) is 0 Å². The molecule has 0 fully saturated rings. The van der Waals surface area contributed by atoms with Crippen LogP contribution in [0.3, 0.4) is 0 Å². The molecule has 0 saturated carbocycles. The number of aromatic carboxylic acids is 1. The Labute approximate surface area is 141 Å². The fourth-order valence-electron chi connectivity index (χ4n) is 2.36. The van der Waals surface area contributed by atoms with E-state index in [1.54, 1.807) is 6.07 Å². The Kier molecular flexibility index (Phi) is 4.14. The quantitative estimate of drug-likeness (QED) is 0.785. The monoisotopic (exact) mass is 338 g/mol. The Morgan fingerprint density at radius 3 is 2.84 bits per heavy atom. The number of carbonyl (C=O) groups is 1. The number of pyridine rings is 1. The Morgan fingerprint density at radius 2 is 2.20 bits per heavy atom. The third-order valence-electron chi connectivity index (χ3n) is 3.54. The first kappa shape index (κ1) is 16.1. The fourth-order valence-corrected chi connectivity index (χ4v) is 2.36. The van der Waals surface area contributed by atoms with Crippen molar-refractivity contribution in [1.29, 1.82) is 5.26 Å². The average molecular weight is 338 g/mol. The van der Waals surface area contributed by atoms with Gasteiger partial charge in [0.2, 0.25) is 0 Å². The van der Waals surface area contributed by atoms with E-state index in [9.17, 15) is 14.4 Å². The molecule has 3 aromatic rings. The molecule has 1 N–H and O–H groups in total. The van der Waals surface area contributed by atoms with Crippen molar-refractivity contribution in [3.05, 3.63) is 59.8 Å². The maximum absolute atomic E-state index is 14.3. The summed E-state index contributed by atoms with van der Waals surface area (Å²) in [7, 11) is 1.41.